The summed E-state index contributed by atoms with van der Waals surface area (Å²) in [7, 11) is 0. The molecular weight excluding hydrogens is 415 g/mol. The molecule has 1 N–H and O–H groups in total. The van der Waals surface area contributed by atoms with E-state index in [1.54, 1.807) is 46.1 Å². The number of benzene rings is 1. The van der Waals surface area contributed by atoms with Crippen molar-refractivity contribution >= 4 is 40.8 Å². The summed E-state index contributed by atoms with van der Waals surface area (Å²) in [6.45, 7) is 0.885. The predicted molar refractivity (Wildman–Crippen MR) is 109 cm³/mol. The molecule has 29 heavy (non-hydrogen) atoms. The molecule has 2 aromatic heterocycles. The summed E-state index contributed by atoms with van der Waals surface area (Å²) in [4.78, 5) is 27.0. The number of furan rings is 1. The summed E-state index contributed by atoms with van der Waals surface area (Å²) >= 11 is 12.2. The molecule has 3 aromatic rings. The Kier molecular flexibility index (Phi) is 5.60. The quantitative estimate of drug-likeness (QED) is 0.658. The maximum atomic E-state index is 12.9. The average Bonchev–Trinajstić information content (AvgIpc) is 3.45. The molecular formula is C20H18Cl2N4O3. The van der Waals surface area contributed by atoms with Crippen LogP contribution in [-0.4, -0.2) is 39.1 Å². The highest BCUT2D eigenvalue weighted by atomic mass is 35.5. The van der Waals surface area contributed by atoms with Crippen molar-refractivity contribution in [3.8, 4) is 0 Å². The summed E-state index contributed by atoms with van der Waals surface area (Å²) in [5, 5.41) is 8.22. The summed E-state index contributed by atoms with van der Waals surface area (Å²) in [5.41, 5.74) is 0.825. The fraction of sp³-hybridized carbons (Fsp3) is 0.250. The number of aromatic nitrogens is 2. The number of anilines is 1. The molecule has 1 saturated heterocycles. The van der Waals surface area contributed by atoms with E-state index >= 15 is 0 Å². The van der Waals surface area contributed by atoms with E-state index in [4.69, 9.17) is 27.6 Å². The van der Waals surface area contributed by atoms with Crippen LogP contribution in [-0.2, 0) is 11.3 Å². The molecule has 9 heteroatoms. The van der Waals surface area contributed by atoms with Gasteiger partial charge in [-0.3, -0.25) is 9.59 Å². The van der Waals surface area contributed by atoms with Gasteiger partial charge in [-0.25, -0.2) is 4.68 Å². The molecule has 0 saturated carbocycles. The molecule has 3 heterocycles. The molecule has 0 spiro atoms. The van der Waals surface area contributed by atoms with Crippen LogP contribution in [0.15, 0.2) is 53.3 Å². The summed E-state index contributed by atoms with van der Waals surface area (Å²) in [6.07, 6.45) is 4.39. The Morgan fingerprint density at radius 2 is 2.10 bits per heavy atom. The minimum Gasteiger partial charge on any atom is -0.459 e. The van der Waals surface area contributed by atoms with Crippen molar-refractivity contribution in [2.75, 3.05) is 11.9 Å². The van der Waals surface area contributed by atoms with Crippen LogP contribution in [0.25, 0.3) is 0 Å². The van der Waals surface area contributed by atoms with Gasteiger partial charge in [0.05, 0.1) is 19.0 Å². The van der Waals surface area contributed by atoms with Crippen molar-refractivity contribution in [3.05, 3.63) is 70.2 Å². The lowest BCUT2D eigenvalue weighted by Gasteiger charge is -2.23. The van der Waals surface area contributed by atoms with Crippen molar-refractivity contribution in [3.63, 3.8) is 0 Å². The van der Waals surface area contributed by atoms with Crippen LogP contribution in [0.4, 0.5) is 5.82 Å². The van der Waals surface area contributed by atoms with E-state index in [9.17, 15) is 9.59 Å². The Hall–Kier alpha value is -2.77. The molecule has 150 valence electrons. The van der Waals surface area contributed by atoms with Crippen molar-refractivity contribution in [1.82, 2.24) is 14.7 Å². The van der Waals surface area contributed by atoms with Crippen molar-refractivity contribution in [2.24, 2.45) is 0 Å². The highest BCUT2D eigenvalue weighted by molar-refractivity contribution is 6.35. The molecule has 0 radical (unpaired) electrons. The lowest BCUT2D eigenvalue weighted by molar-refractivity contribution is -0.119. The number of carbonyl (C=O) groups excluding carboxylic acids is 2. The number of hydrogen-bond donors (Lipinski definition) is 1. The van der Waals surface area contributed by atoms with Gasteiger partial charge in [0.2, 0.25) is 5.91 Å². The molecule has 1 fully saturated rings. The Labute approximate surface area is 177 Å². The number of hydrogen-bond acceptors (Lipinski definition) is 4. The Morgan fingerprint density at radius 1 is 1.24 bits per heavy atom. The third-order valence-corrected chi connectivity index (χ3v) is 5.44. The van der Waals surface area contributed by atoms with Crippen molar-refractivity contribution in [2.45, 2.75) is 25.4 Å². The number of rotatable bonds is 5. The minimum atomic E-state index is -0.560. The molecule has 0 bridgehead atoms. The first-order valence-corrected chi connectivity index (χ1v) is 9.89. The van der Waals surface area contributed by atoms with E-state index in [1.165, 1.54) is 6.26 Å². The van der Waals surface area contributed by atoms with E-state index in [-0.39, 0.29) is 17.6 Å². The van der Waals surface area contributed by atoms with E-state index in [0.29, 0.717) is 35.4 Å². The van der Waals surface area contributed by atoms with Crippen LogP contribution in [0.3, 0.4) is 0 Å². The smallest absolute Gasteiger partial charge is 0.290 e. The molecule has 4 rings (SSSR count). The Bertz CT molecular complexity index is 1030. The first-order valence-electron chi connectivity index (χ1n) is 9.14. The zero-order valence-corrected chi connectivity index (χ0v) is 16.9. The van der Waals surface area contributed by atoms with Gasteiger partial charge in [-0.05, 0) is 42.7 Å². The predicted octanol–water partition coefficient (Wildman–Crippen LogP) is 4.07. The number of likely N-dealkylation sites (tertiary alicyclic amines) is 1. The highest BCUT2D eigenvalue weighted by Crippen LogP contribution is 2.24. The maximum absolute atomic E-state index is 12.9. The normalized spacial score (nSPS) is 16.2. The zero-order chi connectivity index (χ0) is 20.4. The third kappa shape index (κ3) is 4.16. The molecule has 1 aliphatic heterocycles. The Morgan fingerprint density at radius 3 is 2.86 bits per heavy atom. The van der Waals surface area contributed by atoms with Gasteiger partial charge in [-0.15, -0.1) is 0 Å². The van der Waals surface area contributed by atoms with E-state index in [0.717, 1.165) is 12.0 Å². The van der Waals surface area contributed by atoms with Crippen LogP contribution in [0.1, 0.15) is 29.0 Å². The minimum absolute atomic E-state index is 0.229. The summed E-state index contributed by atoms with van der Waals surface area (Å²) in [5.74, 6) is 0.214. The number of carbonyl (C=O) groups is 2. The van der Waals surface area contributed by atoms with Crippen molar-refractivity contribution < 1.29 is 14.0 Å². The number of nitrogens with zero attached hydrogens (tertiary/aromatic N) is 3. The molecule has 1 aliphatic rings. The fourth-order valence-corrected chi connectivity index (χ4v) is 3.88. The van der Waals surface area contributed by atoms with E-state index in [1.807, 2.05) is 6.07 Å². The second-order valence-electron chi connectivity index (χ2n) is 6.73. The van der Waals surface area contributed by atoms with Gasteiger partial charge in [0.1, 0.15) is 11.9 Å². The van der Waals surface area contributed by atoms with E-state index in [2.05, 4.69) is 10.4 Å². The van der Waals surface area contributed by atoms with Crippen LogP contribution in [0.2, 0.25) is 10.0 Å². The van der Waals surface area contributed by atoms with Crippen LogP contribution < -0.4 is 5.32 Å². The number of nitrogens with one attached hydrogen (secondary N) is 1. The van der Waals surface area contributed by atoms with Crippen LogP contribution in [0.5, 0.6) is 0 Å². The van der Waals surface area contributed by atoms with Gasteiger partial charge < -0.3 is 14.6 Å². The van der Waals surface area contributed by atoms with Gasteiger partial charge in [-0.1, -0.05) is 29.3 Å². The lowest BCUT2D eigenvalue weighted by Crippen LogP contribution is -2.43. The van der Waals surface area contributed by atoms with Gasteiger partial charge in [0, 0.05) is 22.7 Å². The molecule has 1 aromatic carbocycles. The van der Waals surface area contributed by atoms with Gasteiger partial charge in [0.25, 0.3) is 5.91 Å². The second-order valence-corrected chi connectivity index (χ2v) is 7.58. The first-order chi connectivity index (χ1) is 14.0. The lowest BCUT2D eigenvalue weighted by atomic mass is 10.2. The maximum Gasteiger partial charge on any atom is 0.290 e. The third-order valence-electron chi connectivity index (χ3n) is 4.85. The summed E-state index contributed by atoms with van der Waals surface area (Å²) < 4.78 is 6.83. The van der Waals surface area contributed by atoms with Gasteiger partial charge in [-0.2, -0.15) is 5.10 Å². The molecule has 0 aliphatic carbocycles. The monoisotopic (exact) mass is 432 g/mol. The highest BCUT2D eigenvalue weighted by Gasteiger charge is 2.35. The molecule has 7 nitrogen and oxygen atoms in total. The topological polar surface area (TPSA) is 80.4 Å². The van der Waals surface area contributed by atoms with Gasteiger partial charge >= 0.3 is 0 Å². The standard InChI is InChI=1S/C20H18Cl2N4O3/c21-14-6-5-13(15(22)11-14)12-26-18(7-8-23-26)24-19(27)16-3-1-9-25(16)20(28)17-4-2-10-29-17/h2,4-8,10-11,16H,1,3,9,12H2,(H,24,27)/t16-/m0/s1. The largest absolute Gasteiger partial charge is 0.459 e. The molecule has 1 atom stereocenters. The van der Waals surface area contributed by atoms with Crippen LogP contribution >= 0.6 is 23.2 Å². The number of halogens is 2. The first kappa shape index (κ1) is 19.5. The summed E-state index contributed by atoms with van der Waals surface area (Å²) in [6, 6.07) is 9.63. The SMILES string of the molecule is O=C(Nc1ccnn1Cc1ccc(Cl)cc1Cl)[C@@H]1CCCN1C(=O)c1ccco1. The van der Waals surface area contributed by atoms with Gasteiger partial charge in [0.15, 0.2) is 5.76 Å². The second kappa shape index (κ2) is 8.31. The Balaban J connectivity index is 1.47. The number of amides is 2. The van der Waals surface area contributed by atoms with Crippen molar-refractivity contribution in [1.29, 1.82) is 0 Å². The average molecular weight is 433 g/mol. The molecule has 2 amide bonds. The molecule has 0 unspecified atom stereocenters. The zero-order valence-electron chi connectivity index (χ0n) is 15.3. The van der Waals surface area contributed by atoms with Crippen LogP contribution in [0, 0.1) is 0 Å². The fourth-order valence-electron chi connectivity index (χ4n) is 3.41. The van der Waals surface area contributed by atoms with E-state index < -0.39 is 6.04 Å².